The first-order valence-corrected chi connectivity index (χ1v) is 4.76. The van der Waals surface area contributed by atoms with E-state index < -0.39 is 5.60 Å². The van der Waals surface area contributed by atoms with Crippen molar-refractivity contribution in [2.75, 3.05) is 6.54 Å². The maximum Gasteiger partial charge on any atom is 0.414 e. The van der Waals surface area contributed by atoms with Crippen molar-refractivity contribution in [3.8, 4) is 0 Å². The summed E-state index contributed by atoms with van der Waals surface area (Å²) in [7, 11) is 0. The molecule has 0 spiro atoms. The summed E-state index contributed by atoms with van der Waals surface area (Å²) in [4.78, 5) is 13.1. The highest BCUT2D eigenvalue weighted by atomic mass is 16.6. The molecule has 4 heteroatoms. The van der Waals surface area contributed by atoms with Crippen LogP contribution in [0.15, 0.2) is 11.9 Å². The van der Waals surface area contributed by atoms with Gasteiger partial charge in [0.05, 0.1) is 0 Å². The quantitative estimate of drug-likeness (QED) is 0.644. The first kappa shape index (κ1) is 10.9. The second-order valence-corrected chi connectivity index (χ2v) is 4.66. The van der Waals surface area contributed by atoms with E-state index in [9.17, 15) is 4.79 Å². The first-order chi connectivity index (χ1) is 6.29. The summed E-state index contributed by atoms with van der Waals surface area (Å²) in [6, 6.07) is 0. The molecule has 0 aromatic rings. The van der Waals surface area contributed by atoms with Crippen LogP contribution in [0.2, 0.25) is 0 Å². The van der Waals surface area contributed by atoms with Crippen molar-refractivity contribution in [3.05, 3.63) is 11.9 Å². The number of nitrogens with zero attached hydrogens (tertiary/aromatic N) is 1. The van der Waals surface area contributed by atoms with Gasteiger partial charge in [0.1, 0.15) is 5.60 Å². The van der Waals surface area contributed by atoms with Crippen molar-refractivity contribution in [3.63, 3.8) is 0 Å². The standard InChI is InChI=1S/C10H18N2O2/c1-7-5-12(6-8(7)11)9(13)14-10(2,3)4/h6-7H,5,11H2,1-4H3. The summed E-state index contributed by atoms with van der Waals surface area (Å²) in [5.74, 6) is 0.225. The smallest absolute Gasteiger partial charge is 0.414 e. The molecule has 1 amide bonds. The Morgan fingerprint density at radius 3 is 2.57 bits per heavy atom. The lowest BCUT2D eigenvalue weighted by Gasteiger charge is -2.23. The molecule has 1 heterocycles. The largest absolute Gasteiger partial charge is 0.443 e. The third-order valence-corrected chi connectivity index (χ3v) is 1.97. The Morgan fingerprint density at radius 1 is 1.64 bits per heavy atom. The molecular formula is C10H18N2O2. The lowest BCUT2D eigenvalue weighted by Crippen LogP contribution is -2.33. The summed E-state index contributed by atoms with van der Waals surface area (Å²) < 4.78 is 5.21. The molecule has 0 bridgehead atoms. The molecule has 0 saturated heterocycles. The summed E-state index contributed by atoms with van der Waals surface area (Å²) in [5.41, 5.74) is 5.96. The SMILES string of the molecule is CC1CN(C(=O)OC(C)(C)C)C=C1N. The van der Waals surface area contributed by atoms with Gasteiger partial charge >= 0.3 is 6.09 Å². The van der Waals surface area contributed by atoms with Crippen LogP contribution < -0.4 is 5.73 Å². The summed E-state index contributed by atoms with van der Waals surface area (Å²) in [6.07, 6.45) is 1.32. The first-order valence-electron chi connectivity index (χ1n) is 4.76. The minimum atomic E-state index is -0.453. The topological polar surface area (TPSA) is 55.6 Å². The lowest BCUT2D eigenvalue weighted by molar-refractivity contribution is 0.0340. The zero-order valence-electron chi connectivity index (χ0n) is 9.20. The Balaban J connectivity index is 2.57. The van der Waals surface area contributed by atoms with E-state index in [4.69, 9.17) is 10.5 Å². The molecule has 14 heavy (non-hydrogen) atoms. The number of carbonyl (C=O) groups excluding carboxylic acids is 1. The highest BCUT2D eigenvalue weighted by molar-refractivity contribution is 5.70. The molecule has 80 valence electrons. The van der Waals surface area contributed by atoms with E-state index in [-0.39, 0.29) is 12.0 Å². The van der Waals surface area contributed by atoms with Crippen molar-refractivity contribution < 1.29 is 9.53 Å². The summed E-state index contributed by atoms with van der Waals surface area (Å²) in [5, 5.41) is 0. The Kier molecular flexibility index (Phi) is 2.73. The van der Waals surface area contributed by atoms with E-state index in [1.165, 1.54) is 4.90 Å². The van der Waals surface area contributed by atoms with Gasteiger partial charge in [-0.15, -0.1) is 0 Å². The Morgan fingerprint density at radius 2 is 2.21 bits per heavy atom. The zero-order valence-corrected chi connectivity index (χ0v) is 9.20. The monoisotopic (exact) mass is 198 g/mol. The Bertz CT molecular complexity index is 266. The van der Waals surface area contributed by atoms with E-state index in [2.05, 4.69) is 0 Å². The van der Waals surface area contributed by atoms with Crippen LogP contribution in [0.1, 0.15) is 27.7 Å². The number of carbonyl (C=O) groups is 1. The molecule has 0 aromatic carbocycles. The van der Waals surface area contributed by atoms with Crippen LogP contribution in [0.4, 0.5) is 4.79 Å². The fourth-order valence-electron chi connectivity index (χ4n) is 1.21. The minimum Gasteiger partial charge on any atom is -0.443 e. The summed E-state index contributed by atoms with van der Waals surface area (Å²) in [6.45, 7) is 8.13. The molecule has 1 rings (SSSR count). The minimum absolute atomic E-state index is 0.225. The van der Waals surface area contributed by atoms with Gasteiger partial charge in [-0.1, -0.05) is 6.92 Å². The second-order valence-electron chi connectivity index (χ2n) is 4.66. The van der Waals surface area contributed by atoms with Gasteiger partial charge in [0.15, 0.2) is 0 Å². The van der Waals surface area contributed by atoms with Crippen LogP contribution in [0.5, 0.6) is 0 Å². The van der Waals surface area contributed by atoms with Gasteiger partial charge in [0.2, 0.25) is 0 Å². The van der Waals surface area contributed by atoms with Crippen molar-refractivity contribution >= 4 is 6.09 Å². The maximum atomic E-state index is 11.6. The van der Waals surface area contributed by atoms with E-state index in [0.717, 1.165) is 5.70 Å². The van der Waals surface area contributed by atoms with E-state index >= 15 is 0 Å². The molecule has 4 nitrogen and oxygen atoms in total. The van der Waals surface area contributed by atoms with Gasteiger partial charge in [0.25, 0.3) is 0 Å². The van der Waals surface area contributed by atoms with Gasteiger partial charge in [-0.3, -0.25) is 4.90 Å². The molecular weight excluding hydrogens is 180 g/mol. The normalized spacial score (nSPS) is 22.1. The number of hydrogen-bond donors (Lipinski definition) is 1. The number of rotatable bonds is 0. The number of hydrogen-bond acceptors (Lipinski definition) is 3. The third-order valence-electron chi connectivity index (χ3n) is 1.97. The molecule has 0 aliphatic carbocycles. The third kappa shape index (κ3) is 2.65. The Hall–Kier alpha value is -1.19. The average Bonchev–Trinajstić information content (AvgIpc) is 2.28. The highest BCUT2D eigenvalue weighted by Crippen LogP contribution is 2.19. The van der Waals surface area contributed by atoms with Crippen molar-refractivity contribution in [1.29, 1.82) is 0 Å². The molecule has 1 aliphatic heterocycles. The van der Waals surface area contributed by atoms with Crippen LogP contribution in [0.25, 0.3) is 0 Å². The molecule has 0 saturated carbocycles. The van der Waals surface area contributed by atoms with Crippen LogP contribution in [-0.4, -0.2) is 23.1 Å². The van der Waals surface area contributed by atoms with Gasteiger partial charge in [-0.2, -0.15) is 0 Å². The predicted molar refractivity (Wildman–Crippen MR) is 54.4 cm³/mol. The predicted octanol–water partition coefficient (Wildman–Crippen LogP) is 1.67. The van der Waals surface area contributed by atoms with Gasteiger partial charge in [-0.05, 0) is 20.8 Å². The summed E-state index contributed by atoms with van der Waals surface area (Å²) >= 11 is 0. The average molecular weight is 198 g/mol. The van der Waals surface area contributed by atoms with Crippen LogP contribution in [0, 0.1) is 5.92 Å². The molecule has 1 unspecified atom stereocenters. The number of amides is 1. The highest BCUT2D eigenvalue weighted by Gasteiger charge is 2.27. The van der Waals surface area contributed by atoms with E-state index in [1.54, 1.807) is 6.20 Å². The van der Waals surface area contributed by atoms with Crippen molar-refractivity contribution in [2.24, 2.45) is 11.7 Å². The van der Waals surface area contributed by atoms with E-state index in [1.807, 2.05) is 27.7 Å². The molecule has 0 aromatic heterocycles. The number of ether oxygens (including phenoxy) is 1. The fraction of sp³-hybridized carbons (Fsp3) is 0.700. The van der Waals surface area contributed by atoms with Crippen molar-refractivity contribution in [2.45, 2.75) is 33.3 Å². The Labute approximate surface area is 84.7 Å². The molecule has 0 fully saturated rings. The lowest BCUT2D eigenvalue weighted by atomic mass is 10.2. The van der Waals surface area contributed by atoms with Gasteiger partial charge in [-0.25, -0.2) is 4.79 Å². The number of nitrogens with two attached hydrogens (primary N) is 1. The molecule has 0 radical (unpaired) electrons. The molecule has 1 aliphatic rings. The fourth-order valence-corrected chi connectivity index (χ4v) is 1.21. The van der Waals surface area contributed by atoms with Crippen LogP contribution in [-0.2, 0) is 4.74 Å². The maximum absolute atomic E-state index is 11.6. The van der Waals surface area contributed by atoms with Gasteiger partial charge < -0.3 is 10.5 Å². The molecule has 2 N–H and O–H groups in total. The van der Waals surface area contributed by atoms with Crippen LogP contribution in [0.3, 0.4) is 0 Å². The van der Waals surface area contributed by atoms with E-state index in [0.29, 0.717) is 6.54 Å². The zero-order chi connectivity index (χ0) is 10.9. The molecule has 1 atom stereocenters. The second kappa shape index (κ2) is 3.52. The van der Waals surface area contributed by atoms with Gasteiger partial charge in [0, 0.05) is 24.4 Å². The van der Waals surface area contributed by atoms with Crippen molar-refractivity contribution in [1.82, 2.24) is 4.90 Å². The van der Waals surface area contributed by atoms with Crippen LogP contribution >= 0.6 is 0 Å².